The predicted octanol–water partition coefficient (Wildman–Crippen LogP) is 2.45. The first-order valence-corrected chi connectivity index (χ1v) is 6.05. The van der Waals surface area contributed by atoms with Crippen molar-refractivity contribution in [1.29, 1.82) is 0 Å². The van der Waals surface area contributed by atoms with Gasteiger partial charge in [-0.3, -0.25) is 0 Å². The average molecular weight is 235 g/mol. The number of hydrogen-bond donors (Lipinski definition) is 0. The van der Waals surface area contributed by atoms with Gasteiger partial charge >= 0.3 is 0 Å². The molecule has 2 aliphatic rings. The fraction of sp³-hybridized carbons (Fsp3) is 0.545. The van der Waals surface area contributed by atoms with Gasteiger partial charge in [0, 0.05) is 11.1 Å². The van der Waals surface area contributed by atoms with Crippen LogP contribution in [0.4, 0.5) is 0 Å². The van der Waals surface area contributed by atoms with Crippen LogP contribution in [0, 0.1) is 6.92 Å². The molecule has 4 rings (SSSR count). The van der Waals surface area contributed by atoms with Gasteiger partial charge in [0.05, 0.1) is 0 Å². The SMILES string of the molecule is Cc1nnc2c3c(c(Cl)nn12)C1CCC3C1. The van der Waals surface area contributed by atoms with Crippen molar-refractivity contribution in [2.45, 2.75) is 38.0 Å². The van der Waals surface area contributed by atoms with Crippen molar-refractivity contribution in [2.75, 3.05) is 0 Å². The van der Waals surface area contributed by atoms with Crippen molar-refractivity contribution in [1.82, 2.24) is 19.8 Å². The lowest BCUT2D eigenvalue weighted by atomic mass is 9.94. The standard InChI is InChI=1S/C11H11ClN4/c1-5-13-14-11-9-7-3-2-6(4-7)8(9)10(12)15-16(5)11/h6-7H,2-4H2,1H3. The van der Waals surface area contributed by atoms with Crippen molar-refractivity contribution >= 4 is 17.2 Å². The topological polar surface area (TPSA) is 43.1 Å². The maximum Gasteiger partial charge on any atom is 0.181 e. The van der Waals surface area contributed by atoms with Gasteiger partial charge in [-0.05, 0) is 38.0 Å². The maximum atomic E-state index is 6.28. The van der Waals surface area contributed by atoms with E-state index in [1.165, 1.54) is 30.4 Å². The number of rotatable bonds is 0. The molecule has 5 heteroatoms. The normalized spacial score (nSPS) is 26.6. The Kier molecular flexibility index (Phi) is 1.53. The summed E-state index contributed by atoms with van der Waals surface area (Å²) in [6.07, 6.45) is 3.74. The van der Waals surface area contributed by atoms with E-state index in [1.54, 1.807) is 4.52 Å². The summed E-state index contributed by atoms with van der Waals surface area (Å²) in [4.78, 5) is 0. The number of halogens is 1. The molecule has 0 amide bonds. The molecule has 2 bridgehead atoms. The molecule has 2 aliphatic carbocycles. The summed E-state index contributed by atoms with van der Waals surface area (Å²) in [6.45, 7) is 1.91. The van der Waals surface area contributed by atoms with Crippen LogP contribution in [0.25, 0.3) is 5.65 Å². The highest BCUT2D eigenvalue weighted by molar-refractivity contribution is 6.30. The van der Waals surface area contributed by atoms with E-state index in [4.69, 9.17) is 11.6 Å². The molecule has 0 radical (unpaired) electrons. The van der Waals surface area contributed by atoms with Gasteiger partial charge in [0.2, 0.25) is 0 Å². The second-order valence-corrected chi connectivity index (χ2v) is 5.17. The molecule has 16 heavy (non-hydrogen) atoms. The summed E-state index contributed by atoms with van der Waals surface area (Å²) in [5.74, 6) is 2.05. The Morgan fingerprint density at radius 2 is 1.94 bits per heavy atom. The average Bonchev–Trinajstić information content (AvgIpc) is 2.94. The third kappa shape index (κ3) is 0.895. The quantitative estimate of drug-likeness (QED) is 0.703. The molecular formula is C11H11ClN4. The fourth-order valence-electron chi connectivity index (χ4n) is 3.32. The van der Waals surface area contributed by atoms with E-state index in [2.05, 4.69) is 15.3 Å². The molecule has 2 atom stereocenters. The Bertz CT molecular complexity index is 604. The molecule has 82 valence electrons. The van der Waals surface area contributed by atoms with Crippen LogP contribution in [0.3, 0.4) is 0 Å². The summed E-state index contributed by atoms with van der Waals surface area (Å²) in [6, 6.07) is 0. The molecule has 4 nitrogen and oxygen atoms in total. The minimum Gasteiger partial charge on any atom is -0.196 e. The summed E-state index contributed by atoms with van der Waals surface area (Å²) < 4.78 is 1.78. The lowest BCUT2D eigenvalue weighted by Gasteiger charge is -2.15. The van der Waals surface area contributed by atoms with Crippen LogP contribution in [-0.2, 0) is 0 Å². The van der Waals surface area contributed by atoms with E-state index in [-0.39, 0.29) is 0 Å². The van der Waals surface area contributed by atoms with Crippen LogP contribution >= 0.6 is 11.6 Å². The highest BCUT2D eigenvalue weighted by atomic mass is 35.5. The predicted molar refractivity (Wildman–Crippen MR) is 59.9 cm³/mol. The fourth-order valence-corrected chi connectivity index (χ4v) is 3.65. The number of nitrogens with zero attached hydrogens (tertiary/aromatic N) is 4. The second kappa shape index (κ2) is 2.74. The zero-order valence-corrected chi connectivity index (χ0v) is 9.70. The van der Waals surface area contributed by atoms with Crippen molar-refractivity contribution in [3.63, 3.8) is 0 Å². The lowest BCUT2D eigenvalue weighted by Crippen LogP contribution is -2.06. The second-order valence-electron chi connectivity index (χ2n) is 4.81. The molecule has 2 heterocycles. The molecule has 1 saturated carbocycles. The minimum atomic E-state index is 0.613. The Hall–Kier alpha value is -1.16. The third-order valence-electron chi connectivity index (χ3n) is 3.99. The van der Waals surface area contributed by atoms with Crippen LogP contribution in [0.5, 0.6) is 0 Å². The van der Waals surface area contributed by atoms with E-state index in [1.807, 2.05) is 6.92 Å². The summed E-state index contributed by atoms with van der Waals surface area (Å²) in [5, 5.41) is 13.4. The van der Waals surface area contributed by atoms with Gasteiger partial charge in [-0.25, -0.2) is 0 Å². The minimum absolute atomic E-state index is 0.613. The highest BCUT2D eigenvalue weighted by Crippen LogP contribution is 2.55. The molecule has 2 unspecified atom stereocenters. The monoisotopic (exact) mass is 234 g/mol. The van der Waals surface area contributed by atoms with Crippen LogP contribution in [0.15, 0.2) is 0 Å². The zero-order valence-electron chi connectivity index (χ0n) is 8.94. The third-order valence-corrected chi connectivity index (χ3v) is 4.27. The molecule has 0 N–H and O–H groups in total. The zero-order chi connectivity index (χ0) is 10.9. The molecular weight excluding hydrogens is 224 g/mol. The van der Waals surface area contributed by atoms with Gasteiger partial charge in [-0.15, -0.1) is 10.2 Å². The Balaban J connectivity index is 2.17. The van der Waals surface area contributed by atoms with Crippen LogP contribution in [0.2, 0.25) is 5.15 Å². The highest BCUT2D eigenvalue weighted by Gasteiger charge is 2.41. The Morgan fingerprint density at radius 1 is 1.19 bits per heavy atom. The summed E-state index contributed by atoms with van der Waals surface area (Å²) >= 11 is 6.28. The van der Waals surface area contributed by atoms with E-state index >= 15 is 0 Å². The number of aryl methyl sites for hydroxylation is 1. The van der Waals surface area contributed by atoms with Crippen molar-refractivity contribution in [2.24, 2.45) is 0 Å². The Labute approximate surface area is 97.6 Å². The molecule has 2 aromatic rings. The number of hydrogen-bond acceptors (Lipinski definition) is 3. The van der Waals surface area contributed by atoms with Crippen molar-refractivity contribution in [3.8, 4) is 0 Å². The smallest absolute Gasteiger partial charge is 0.181 e. The first-order chi connectivity index (χ1) is 7.75. The first-order valence-electron chi connectivity index (χ1n) is 5.67. The van der Waals surface area contributed by atoms with E-state index in [0.717, 1.165) is 11.5 Å². The maximum absolute atomic E-state index is 6.28. The van der Waals surface area contributed by atoms with Gasteiger partial charge in [0.1, 0.15) is 0 Å². The van der Waals surface area contributed by atoms with E-state index < -0.39 is 0 Å². The first kappa shape index (κ1) is 8.93. The van der Waals surface area contributed by atoms with E-state index in [9.17, 15) is 0 Å². The van der Waals surface area contributed by atoms with Gasteiger partial charge in [0.25, 0.3) is 0 Å². The summed E-state index contributed by atoms with van der Waals surface area (Å²) in [7, 11) is 0. The van der Waals surface area contributed by atoms with Gasteiger partial charge in [-0.2, -0.15) is 9.61 Å². The van der Waals surface area contributed by atoms with Crippen LogP contribution < -0.4 is 0 Å². The van der Waals surface area contributed by atoms with Crippen LogP contribution in [-0.4, -0.2) is 19.8 Å². The van der Waals surface area contributed by atoms with Crippen molar-refractivity contribution < 1.29 is 0 Å². The van der Waals surface area contributed by atoms with E-state index in [0.29, 0.717) is 17.0 Å². The molecule has 0 aromatic carbocycles. The molecule has 2 aromatic heterocycles. The Morgan fingerprint density at radius 3 is 2.75 bits per heavy atom. The molecule has 0 saturated heterocycles. The largest absolute Gasteiger partial charge is 0.196 e. The van der Waals surface area contributed by atoms with Gasteiger partial charge in [0.15, 0.2) is 16.6 Å². The summed E-state index contributed by atoms with van der Waals surface area (Å²) in [5.41, 5.74) is 3.48. The van der Waals surface area contributed by atoms with Crippen molar-refractivity contribution in [3.05, 3.63) is 22.1 Å². The lowest BCUT2D eigenvalue weighted by molar-refractivity contribution is 0.703. The van der Waals surface area contributed by atoms with Gasteiger partial charge in [-0.1, -0.05) is 11.6 Å². The van der Waals surface area contributed by atoms with Crippen LogP contribution in [0.1, 0.15) is 48.0 Å². The number of fused-ring (bicyclic) bond motifs is 7. The number of aromatic nitrogens is 4. The van der Waals surface area contributed by atoms with Gasteiger partial charge < -0.3 is 0 Å². The molecule has 0 aliphatic heterocycles. The molecule has 0 spiro atoms. The molecule has 1 fully saturated rings.